The number of pyridine rings is 1. The summed E-state index contributed by atoms with van der Waals surface area (Å²) in [4.78, 5) is 29.9. The summed E-state index contributed by atoms with van der Waals surface area (Å²) in [7, 11) is 0. The summed E-state index contributed by atoms with van der Waals surface area (Å²) in [6, 6.07) is 11.8. The molecule has 0 fully saturated rings. The van der Waals surface area contributed by atoms with Crippen LogP contribution >= 0.6 is 12.4 Å². The molecule has 0 amide bonds. The van der Waals surface area contributed by atoms with Gasteiger partial charge < -0.3 is 19.7 Å². The molecule has 0 spiro atoms. The monoisotopic (exact) mass is 585 g/mol. The number of hydrogen-bond donors (Lipinski definition) is 3. The Morgan fingerprint density at radius 1 is 1.05 bits per heavy atom. The SMILES string of the molecule is Cl.O=C(Cc1ccc(Oc2ccnc3[nH]nc(OC[C@@H](O)CO)c23)c(F)c1)c1ccnn(-c2ccc(F)cc2)c1=O. The van der Waals surface area contributed by atoms with Gasteiger partial charge in [-0.05, 0) is 48.0 Å². The number of fused-ring (bicyclic) bond motifs is 1. The number of nitrogens with one attached hydrogen (secondary N) is 1. The molecule has 0 aliphatic heterocycles. The van der Waals surface area contributed by atoms with Crippen LogP contribution in [-0.4, -0.2) is 60.3 Å². The lowest BCUT2D eigenvalue weighted by molar-refractivity contribution is 0.0525. The lowest BCUT2D eigenvalue weighted by Crippen LogP contribution is -2.27. The molecule has 11 nitrogen and oxygen atoms in total. The van der Waals surface area contributed by atoms with E-state index in [1.165, 1.54) is 60.9 Å². The molecule has 0 bridgehead atoms. The van der Waals surface area contributed by atoms with E-state index in [9.17, 15) is 19.1 Å². The molecule has 0 unspecified atom stereocenters. The number of nitrogens with zero attached hydrogens (tertiary/aromatic N) is 4. The fraction of sp³-hybridized carbons (Fsp3) is 0.148. The van der Waals surface area contributed by atoms with Gasteiger partial charge in [0.15, 0.2) is 23.0 Å². The fourth-order valence-corrected chi connectivity index (χ4v) is 3.84. The van der Waals surface area contributed by atoms with E-state index in [-0.39, 0.29) is 59.7 Å². The summed E-state index contributed by atoms with van der Waals surface area (Å²) in [5.74, 6) is -1.77. The minimum Gasteiger partial charge on any atom is -0.473 e. The Morgan fingerprint density at radius 2 is 1.83 bits per heavy atom. The van der Waals surface area contributed by atoms with Crippen LogP contribution in [0, 0.1) is 11.6 Å². The van der Waals surface area contributed by atoms with Crippen LogP contribution in [-0.2, 0) is 6.42 Å². The van der Waals surface area contributed by atoms with Crippen LogP contribution in [0.15, 0.2) is 71.8 Å². The Kier molecular flexibility index (Phi) is 9.02. The van der Waals surface area contributed by atoms with E-state index in [4.69, 9.17) is 14.6 Å². The van der Waals surface area contributed by atoms with Crippen molar-refractivity contribution in [1.82, 2.24) is 25.0 Å². The number of Topliss-reactive ketones (excluding diaryl/α,β-unsaturated/α-hetero) is 1. The molecule has 2 aromatic carbocycles. The second-order valence-electron chi connectivity index (χ2n) is 8.61. The number of benzene rings is 2. The first kappa shape index (κ1) is 29.3. The van der Waals surface area contributed by atoms with Crippen molar-refractivity contribution in [3.05, 3.63) is 100 Å². The van der Waals surface area contributed by atoms with Gasteiger partial charge in [0.2, 0.25) is 5.88 Å². The van der Waals surface area contributed by atoms with Gasteiger partial charge in [-0.25, -0.2) is 13.8 Å². The molecule has 212 valence electrons. The van der Waals surface area contributed by atoms with Gasteiger partial charge in [-0.15, -0.1) is 17.5 Å². The fourth-order valence-electron chi connectivity index (χ4n) is 3.84. The molecular formula is C27H22ClF2N5O6. The van der Waals surface area contributed by atoms with E-state index in [1.54, 1.807) is 0 Å². The predicted molar refractivity (Wildman–Crippen MR) is 144 cm³/mol. The second-order valence-corrected chi connectivity index (χ2v) is 8.61. The zero-order valence-electron chi connectivity index (χ0n) is 21.0. The van der Waals surface area contributed by atoms with Crippen molar-refractivity contribution in [2.24, 2.45) is 0 Å². The van der Waals surface area contributed by atoms with E-state index < -0.39 is 35.7 Å². The number of ether oxygens (including phenoxy) is 2. The largest absolute Gasteiger partial charge is 0.473 e. The van der Waals surface area contributed by atoms with Crippen LogP contribution < -0.4 is 15.0 Å². The third-order valence-corrected chi connectivity index (χ3v) is 5.81. The molecule has 3 aromatic heterocycles. The minimum absolute atomic E-state index is 0. The number of aliphatic hydroxyl groups excluding tert-OH is 2. The summed E-state index contributed by atoms with van der Waals surface area (Å²) in [5.41, 5.74) is 0.0281. The van der Waals surface area contributed by atoms with Crippen molar-refractivity contribution in [2.75, 3.05) is 13.2 Å². The van der Waals surface area contributed by atoms with Crippen LogP contribution in [0.3, 0.4) is 0 Å². The molecule has 0 aliphatic carbocycles. The first-order chi connectivity index (χ1) is 19.3. The maximum Gasteiger partial charge on any atom is 0.282 e. The predicted octanol–water partition coefficient (Wildman–Crippen LogP) is 3.15. The van der Waals surface area contributed by atoms with Crippen molar-refractivity contribution in [1.29, 1.82) is 0 Å². The number of carbonyl (C=O) groups excluding carboxylic acids is 1. The van der Waals surface area contributed by atoms with Crippen molar-refractivity contribution in [2.45, 2.75) is 12.5 Å². The third-order valence-electron chi connectivity index (χ3n) is 5.81. The van der Waals surface area contributed by atoms with E-state index >= 15 is 4.39 Å². The van der Waals surface area contributed by atoms with Crippen molar-refractivity contribution < 1.29 is 33.3 Å². The highest BCUT2D eigenvalue weighted by Crippen LogP contribution is 2.35. The Balaban J connectivity index is 0.00000387. The van der Waals surface area contributed by atoms with E-state index in [1.807, 2.05) is 0 Å². The van der Waals surface area contributed by atoms with Gasteiger partial charge in [-0.2, -0.15) is 9.78 Å². The summed E-state index contributed by atoms with van der Waals surface area (Å²) in [5, 5.41) is 29.4. The van der Waals surface area contributed by atoms with Gasteiger partial charge in [-0.3, -0.25) is 14.7 Å². The van der Waals surface area contributed by atoms with Crippen LogP contribution in [0.1, 0.15) is 15.9 Å². The van der Waals surface area contributed by atoms with Gasteiger partial charge in [0.1, 0.15) is 29.7 Å². The smallest absolute Gasteiger partial charge is 0.282 e. The average molecular weight is 586 g/mol. The highest BCUT2D eigenvalue weighted by Gasteiger charge is 2.19. The van der Waals surface area contributed by atoms with Gasteiger partial charge in [0.25, 0.3) is 5.56 Å². The molecule has 41 heavy (non-hydrogen) atoms. The molecule has 0 aliphatic rings. The highest BCUT2D eigenvalue weighted by molar-refractivity contribution is 5.97. The maximum atomic E-state index is 15.0. The van der Waals surface area contributed by atoms with Gasteiger partial charge in [-0.1, -0.05) is 6.07 Å². The molecule has 0 radical (unpaired) electrons. The molecular weight excluding hydrogens is 564 g/mol. The Hall–Kier alpha value is -4.72. The normalized spacial score (nSPS) is 11.6. The summed E-state index contributed by atoms with van der Waals surface area (Å²) < 4.78 is 40.4. The number of rotatable bonds is 10. The van der Waals surface area contributed by atoms with Crippen molar-refractivity contribution >= 4 is 29.2 Å². The lowest BCUT2D eigenvalue weighted by atomic mass is 10.0. The molecule has 0 saturated heterocycles. The summed E-state index contributed by atoms with van der Waals surface area (Å²) in [6.07, 6.45) is 1.30. The molecule has 5 aromatic rings. The number of hydrogen-bond acceptors (Lipinski definition) is 9. The van der Waals surface area contributed by atoms with Crippen LogP contribution in [0.2, 0.25) is 0 Å². The zero-order chi connectivity index (χ0) is 28.2. The first-order valence-corrected chi connectivity index (χ1v) is 11.9. The van der Waals surface area contributed by atoms with Crippen molar-refractivity contribution in [3.63, 3.8) is 0 Å². The molecule has 14 heteroatoms. The number of aromatic nitrogens is 5. The number of carbonyl (C=O) groups is 1. The average Bonchev–Trinajstić information content (AvgIpc) is 3.38. The highest BCUT2D eigenvalue weighted by atomic mass is 35.5. The van der Waals surface area contributed by atoms with Gasteiger partial charge in [0.05, 0.1) is 17.9 Å². The number of ketones is 1. The first-order valence-electron chi connectivity index (χ1n) is 11.9. The van der Waals surface area contributed by atoms with E-state index in [0.29, 0.717) is 10.9 Å². The number of aliphatic hydroxyl groups is 2. The number of aromatic amines is 1. The third kappa shape index (κ3) is 6.38. The summed E-state index contributed by atoms with van der Waals surface area (Å²) in [6.45, 7) is -0.746. The Morgan fingerprint density at radius 3 is 2.56 bits per heavy atom. The van der Waals surface area contributed by atoms with E-state index in [0.717, 1.165) is 10.7 Å². The van der Waals surface area contributed by atoms with Crippen molar-refractivity contribution in [3.8, 4) is 23.1 Å². The van der Waals surface area contributed by atoms with Gasteiger partial charge in [0, 0.05) is 24.9 Å². The molecule has 5 rings (SSSR count). The second kappa shape index (κ2) is 12.6. The van der Waals surface area contributed by atoms with Crippen LogP contribution in [0.4, 0.5) is 8.78 Å². The standard InChI is InChI=1S/C27H21F2N5O6.ClH/c28-16-2-4-17(5-3-16)34-27(38)19(7-10-31-34)21(37)12-15-1-6-22(20(29)11-15)40-23-8-9-30-25-24(23)26(33-32-25)39-14-18(36)13-35;/h1-11,18,35-36H,12-14H2,(H,30,32,33);1H/t18-;/m0./s1. The minimum atomic E-state index is -1.13. The quantitative estimate of drug-likeness (QED) is 0.210. The van der Waals surface area contributed by atoms with Gasteiger partial charge >= 0.3 is 0 Å². The Labute approximate surface area is 236 Å². The topological polar surface area (TPSA) is 152 Å². The molecule has 1 atom stereocenters. The Bertz CT molecular complexity index is 1750. The molecule has 3 heterocycles. The number of H-pyrrole nitrogens is 1. The van der Waals surface area contributed by atoms with Crippen LogP contribution in [0.25, 0.3) is 16.7 Å². The molecule has 0 saturated carbocycles. The maximum absolute atomic E-state index is 15.0. The lowest BCUT2D eigenvalue weighted by Gasteiger charge is -2.11. The molecule has 3 N–H and O–H groups in total. The van der Waals surface area contributed by atoms with Crippen LogP contribution in [0.5, 0.6) is 17.4 Å². The van der Waals surface area contributed by atoms with E-state index in [2.05, 4.69) is 20.3 Å². The number of halogens is 3. The zero-order valence-corrected chi connectivity index (χ0v) is 21.8. The summed E-state index contributed by atoms with van der Waals surface area (Å²) >= 11 is 0.